The minimum absolute atomic E-state index is 0.128. The fraction of sp³-hybridized carbons (Fsp3) is 0.296. The molecule has 0 saturated carbocycles. The van der Waals surface area contributed by atoms with Gasteiger partial charge in [0, 0.05) is 24.2 Å². The Morgan fingerprint density at radius 2 is 1.79 bits per heavy atom. The highest BCUT2D eigenvalue weighted by atomic mass is 16.6. The number of hydrogen-bond donors (Lipinski definition) is 1. The lowest BCUT2D eigenvalue weighted by atomic mass is 9.83. The van der Waals surface area contributed by atoms with Crippen molar-refractivity contribution in [3.05, 3.63) is 86.2 Å². The third-order valence-electron chi connectivity index (χ3n) is 6.84. The van der Waals surface area contributed by atoms with Gasteiger partial charge in [-0.15, -0.1) is 0 Å². The number of carbonyl (C=O) groups excluding carboxylic acids is 2. The number of ketones is 1. The summed E-state index contributed by atoms with van der Waals surface area (Å²) in [4.78, 5) is 62.9. The van der Waals surface area contributed by atoms with E-state index in [0.29, 0.717) is 22.6 Å². The highest BCUT2D eigenvalue weighted by Gasteiger charge is 2.44. The van der Waals surface area contributed by atoms with Crippen molar-refractivity contribution in [3.8, 4) is 17.2 Å². The molecule has 0 fully saturated rings. The van der Waals surface area contributed by atoms with Crippen LogP contribution in [0.2, 0.25) is 0 Å². The first kappa shape index (κ1) is 25.8. The topological polar surface area (TPSA) is 142 Å². The standard InChI is InChI=1S/C27H26N4O8/c1-15(32)16-5-7-17(8-6-16)30-24(35)29-12-11-20-23(31(29)25(30)36)19-10-9-18(13-21(19)39-27(20,2)3)38-26(37)28(4)14-22(33)34/h5-11,13,23H,12,14H2,1-4H3,(H,33,34). The maximum atomic E-state index is 13.8. The van der Waals surface area contributed by atoms with Gasteiger partial charge in [-0.2, -0.15) is 0 Å². The molecular weight excluding hydrogens is 508 g/mol. The molecule has 1 N–H and O–H groups in total. The van der Waals surface area contributed by atoms with Crippen molar-refractivity contribution in [3.63, 3.8) is 0 Å². The van der Waals surface area contributed by atoms with Crippen LogP contribution in [-0.4, -0.2) is 61.0 Å². The molecule has 5 rings (SSSR count). The largest absolute Gasteiger partial charge is 0.483 e. The first-order valence-corrected chi connectivity index (χ1v) is 12.1. The SMILES string of the molecule is CC(=O)c1ccc(-n2c(=O)n3n(c2=O)C2C(=CC3)C(C)(C)Oc3cc(OC(=O)N(C)CC(=O)O)ccc32)cc1. The van der Waals surface area contributed by atoms with Gasteiger partial charge in [0.15, 0.2) is 5.78 Å². The highest BCUT2D eigenvalue weighted by molar-refractivity contribution is 5.94. The summed E-state index contributed by atoms with van der Waals surface area (Å²) < 4.78 is 15.4. The average molecular weight is 535 g/mol. The number of ether oxygens (including phenoxy) is 2. The van der Waals surface area contributed by atoms with Crippen LogP contribution in [0.5, 0.6) is 11.5 Å². The van der Waals surface area contributed by atoms with E-state index in [2.05, 4.69) is 0 Å². The molecule has 1 amide bonds. The van der Waals surface area contributed by atoms with Crippen LogP contribution in [0.25, 0.3) is 5.69 Å². The highest BCUT2D eigenvalue weighted by Crippen LogP contribution is 2.47. The van der Waals surface area contributed by atoms with Crippen LogP contribution in [0.4, 0.5) is 4.79 Å². The minimum Gasteiger partial charge on any atom is -0.483 e. The van der Waals surface area contributed by atoms with E-state index >= 15 is 0 Å². The second kappa shape index (κ2) is 9.15. The van der Waals surface area contributed by atoms with Gasteiger partial charge in [0.1, 0.15) is 29.7 Å². The number of amides is 1. The van der Waals surface area contributed by atoms with Gasteiger partial charge in [-0.25, -0.2) is 28.3 Å². The normalized spacial score (nSPS) is 16.6. The second-order valence-corrected chi connectivity index (χ2v) is 9.92. The number of benzene rings is 2. The predicted octanol–water partition coefficient (Wildman–Crippen LogP) is 2.22. The van der Waals surface area contributed by atoms with E-state index < -0.39 is 41.6 Å². The molecule has 2 aliphatic heterocycles. The maximum Gasteiger partial charge on any atom is 0.415 e. The Morgan fingerprint density at radius 1 is 1.10 bits per heavy atom. The number of fused-ring (bicyclic) bond motifs is 5. The van der Waals surface area contributed by atoms with Crippen molar-refractivity contribution >= 4 is 17.8 Å². The average Bonchev–Trinajstić information content (AvgIpc) is 3.12. The van der Waals surface area contributed by atoms with Crippen LogP contribution in [0.15, 0.2) is 63.7 Å². The maximum absolute atomic E-state index is 13.8. The van der Waals surface area contributed by atoms with Crippen LogP contribution < -0.4 is 20.9 Å². The van der Waals surface area contributed by atoms with Crippen molar-refractivity contribution in [1.82, 2.24) is 18.8 Å². The van der Waals surface area contributed by atoms with Gasteiger partial charge in [0.25, 0.3) is 0 Å². The predicted molar refractivity (Wildman–Crippen MR) is 138 cm³/mol. The zero-order valence-electron chi connectivity index (χ0n) is 21.7. The van der Waals surface area contributed by atoms with E-state index in [1.165, 1.54) is 35.5 Å². The van der Waals surface area contributed by atoms with Gasteiger partial charge < -0.3 is 14.6 Å². The summed E-state index contributed by atoms with van der Waals surface area (Å²) in [6, 6.07) is 10.2. The van der Waals surface area contributed by atoms with Crippen molar-refractivity contribution in [2.45, 2.75) is 39.0 Å². The van der Waals surface area contributed by atoms with Crippen LogP contribution >= 0.6 is 0 Å². The Hall–Kier alpha value is -4.87. The molecule has 3 heterocycles. The molecule has 0 saturated heterocycles. The van der Waals surface area contributed by atoms with Crippen LogP contribution in [0.3, 0.4) is 0 Å². The monoisotopic (exact) mass is 534 g/mol. The number of aromatic nitrogens is 3. The molecule has 12 nitrogen and oxygen atoms in total. The summed E-state index contributed by atoms with van der Waals surface area (Å²) in [5.41, 5.74) is 0.220. The number of rotatable bonds is 5. The Labute approximate surface area is 221 Å². The fourth-order valence-electron chi connectivity index (χ4n) is 4.95. The van der Waals surface area contributed by atoms with Crippen LogP contribution in [0.1, 0.15) is 42.7 Å². The summed E-state index contributed by atoms with van der Waals surface area (Å²) >= 11 is 0. The summed E-state index contributed by atoms with van der Waals surface area (Å²) in [6.45, 7) is 4.74. The molecule has 3 aromatic rings. The van der Waals surface area contributed by atoms with Crippen LogP contribution in [-0.2, 0) is 11.3 Å². The quantitative estimate of drug-likeness (QED) is 0.388. The summed E-state index contributed by atoms with van der Waals surface area (Å²) in [7, 11) is 1.30. The molecule has 1 atom stereocenters. The number of allylic oxidation sites excluding steroid dienone is 1. The number of carboxylic acid groups (broad SMARTS) is 1. The molecule has 1 aromatic heterocycles. The fourth-order valence-corrected chi connectivity index (χ4v) is 4.95. The molecule has 0 aliphatic carbocycles. The van der Waals surface area contributed by atoms with Gasteiger partial charge in [-0.05, 0) is 62.7 Å². The number of aliphatic carboxylic acids is 1. The summed E-state index contributed by atoms with van der Waals surface area (Å²) in [5.74, 6) is -0.835. The van der Waals surface area contributed by atoms with Gasteiger partial charge >= 0.3 is 23.4 Å². The van der Waals surface area contributed by atoms with E-state index in [9.17, 15) is 24.0 Å². The molecule has 202 valence electrons. The lowest BCUT2D eigenvalue weighted by Crippen LogP contribution is -2.46. The molecule has 39 heavy (non-hydrogen) atoms. The van der Waals surface area contributed by atoms with Crippen molar-refractivity contribution < 1.29 is 29.0 Å². The van der Waals surface area contributed by atoms with Gasteiger partial charge in [0.2, 0.25) is 0 Å². The lowest BCUT2D eigenvalue weighted by Gasteiger charge is -2.42. The minimum atomic E-state index is -1.18. The first-order chi connectivity index (χ1) is 18.4. The number of carbonyl (C=O) groups is 3. The molecule has 1 unspecified atom stereocenters. The zero-order valence-corrected chi connectivity index (χ0v) is 21.7. The number of Topliss-reactive ketones (excluding diaryl/α,β-unsaturated/α-hetero) is 1. The molecule has 2 aliphatic rings. The molecule has 2 aromatic carbocycles. The van der Waals surface area contributed by atoms with Crippen molar-refractivity contribution in [2.75, 3.05) is 13.6 Å². The van der Waals surface area contributed by atoms with E-state index in [1.807, 2.05) is 19.9 Å². The second-order valence-electron chi connectivity index (χ2n) is 9.92. The van der Waals surface area contributed by atoms with Crippen molar-refractivity contribution in [2.24, 2.45) is 0 Å². The van der Waals surface area contributed by atoms with Gasteiger partial charge in [0.05, 0.1) is 12.2 Å². The zero-order chi connectivity index (χ0) is 28.2. The molecule has 12 heteroatoms. The molecule has 0 bridgehead atoms. The Kier molecular flexibility index (Phi) is 6.05. The lowest BCUT2D eigenvalue weighted by molar-refractivity contribution is -0.137. The van der Waals surface area contributed by atoms with Gasteiger partial charge in [-0.3, -0.25) is 14.5 Å². The van der Waals surface area contributed by atoms with E-state index in [-0.39, 0.29) is 18.1 Å². The van der Waals surface area contributed by atoms with E-state index in [0.717, 1.165) is 15.0 Å². The Bertz CT molecular complexity index is 1670. The summed E-state index contributed by atoms with van der Waals surface area (Å²) in [6.07, 6.45) is 1.01. The van der Waals surface area contributed by atoms with E-state index in [1.54, 1.807) is 30.3 Å². The van der Waals surface area contributed by atoms with Gasteiger partial charge in [-0.1, -0.05) is 6.08 Å². The Balaban J connectivity index is 1.58. The molecule has 0 radical (unpaired) electrons. The molecular formula is C27H26N4O8. The van der Waals surface area contributed by atoms with Crippen molar-refractivity contribution in [1.29, 1.82) is 0 Å². The number of likely N-dealkylation sites (N-methyl/N-ethyl adjacent to an activating group) is 1. The van der Waals surface area contributed by atoms with Crippen LogP contribution in [0, 0.1) is 0 Å². The number of nitrogens with zero attached hydrogens (tertiary/aromatic N) is 4. The Morgan fingerprint density at radius 3 is 2.44 bits per heavy atom. The third kappa shape index (κ3) is 4.33. The number of carboxylic acids is 1. The number of hydrogen-bond acceptors (Lipinski definition) is 7. The first-order valence-electron chi connectivity index (χ1n) is 12.1. The third-order valence-corrected chi connectivity index (χ3v) is 6.84. The smallest absolute Gasteiger partial charge is 0.415 e. The molecule has 0 spiro atoms. The summed E-state index contributed by atoms with van der Waals surface area (Å²) in [5, 5.41) is 8.91. The van der Waals surface area contributed by atoms with E-state index in [4.69, 9.17) is 14.6 Å².